The van der Waals surface area contributed by atoms with Crippen molar-refractivity contribution >= 4 is 26.8 Å². The van der Waals surface area contributed by atoms with E-state index in [2.05, 4.69) is 164 Å². The lowest BCUT2D eigenvalue weighted by molar-refractivity contribution is -0.128. The Balaban J connectivity index is 0.000000234. The number of fused-ring (bicyclic) bond motifs is 2. The Morgan fingerprint density at radius 2 is 0.885 bits per heavy atom. The quantitative estimate of drug-likeness (QED) is 0.116. The monoisotopic (exact) mass is 722 g/mol. The van der Waals surface area contributed by atoms with Gasteiger partial charge in [0.1, 0.15) is 5.78 Å². The Kier molecular flexibility index (Phi) is 10.1. The number of carbonyl (C=O) groups is 1. The highest BCUT2D eigenvalue weighted by Crippen LogP contribution is 2.64. The maximum absolute atomic E-state index is 11.8. The van der Waals surface area contributed by atoms with Crippen LogP contribution in [-0.4, -0.2) is 24.5 Å². The Morgan fingerprint density at radius 3 is 1.15 bits per heavy atom. The fraction of sp³-hybridized carbons (Fsp3) is 0.196. The summed E-state index contributed by atoms with van der Waals surface area (Å²) in [5, 5.41) is 0. The molecular weight excluding hydrogens is 681 g/mol. The molecule has 6 aromatic carbocycles. The molecule has 0 amide bonds. The van der Waals surface area contributed by atoms with Gasteiger partial charge >= 0.3 is 0 Å². The first-order chi connectivity index (χ1) is 25.0. The number of carbonyl (C=O) groups excluding carboxylic acids is 1. The fourth-order valence-electron chi connectivity index (χ4n) is 8.06. The van der Waals surface area contributed by atoms with Crippen LogP contribution in [0.2, 0.25) is 0 Å². The Morgan fingerprint density at radius 1 is 0.558 bits per heavy atom. The number of benzene rings is 6. The van der Waals surface area contributed by atoms with Crippen LogP contribution in [0.5, 0.6) is 0 Å². The molecule has 0 spiro atoms. The first kappa shape index (κ1) is 35.6. The second kappa shape index (κ2) is 14.7. The summed E-state index contributed by atoms with van der Waals surface area (Å²) in [4.78, 5) is 15.8. The first-order valence-corrected chi connectivity index (χ1v) is 20.5. The van der Waals surface area contributed by atoms with Crippen LogP contribution in [0.4, 0.5) is 0 Å². The van der Waals surface area contributed by atoms with Crippen LogP contribution in [0.25, 0.3) is 33.4 Å². The van der Waals surface area contributed by atoms with E-state index < -0.39 is 21.3 Å². The predicted molar refractivity (Wildman–Crippen MR) is 211 cm³/mol. The number of hydrogen-bond donors (Lipinski definition) is 0. The molecule has 2 unspecified atom stereocenters. The molecule has 0 radical (unpaired) electrons. The van der Waals surface area contributed by atoms with Gasteiger partial charge in [0, 0.05) is 11.8 Å². The zero-order valence-electron chi connectivity index (χ0n) is 29.4. The smallest absolute Gasteiger partial charge is 0.166 e. The van der Waals surface area contributed by atoms with Crippen LogP contribution in [-0.2, 0) is 25.8 Å². The summed E-state index contributed by atoms with van der Waals surface area (Å²) >= 11 is 0. The first-order valence-electron chi connectivity index (χ1n) is 17.7. The average molecular weight is 723 g/mol. The van der Waals surface area contributed by atoms with Gasteiger partial charge in [0.15, 0.2) is 14.7 Å². The highest BCUT2D eigenvalue weighted by atomic mass is 32.2. The van der Waals surface area contributed by atoms with Crippen molar-refractivity contribution in [3.05, 3.63) is 164 Å². The molecule has 4 nitrogen and oxygen atoms in total. The van der Waals surface area contributed by atoms with E-state index in [0.29, 0.717) is 12.8 Å². The number of Topliss-reactive ketones (excluding diaryl/α,β-unsaturated/α-hetero) is 1. The summed E-state index contributed by atoms with van der Waals surface area (Å²) in [5.74, 6) is -0.280. The van der Waals surface area contributed by atoms with E-state index in [4.69, 9.17) is 0 Å². The second-order valence-electron chi connectivity index (χ2n) is 14.3. The second-order valence-corrected chi connectivity index (χ2v) is 17.8. The summed E-state index contributed by atoms with van der Waals surface area (Å²) in [5.41, 5.74) is 6.24. The van der Waals surface area contributed by atoms with Crippen molar-refractivity contribution in [3.63, 3.8) is 0 Å². The number of rotatable bonds is 8. The molecule has 0 heterocycles. The largest absolute Gasteiger partial charge is 0.748 e. The van der Waals surface area contributed by atoms with E-state index in [9.17, 15) is 17.8 Å². The average Bonchev–Trinajstić information content (AvgIpc) is 3.51. The van der Waals surface area contributed by atoms with Gasteiger partial charge < -0.3 is 4.55 Å². The molecule has 2 aliphatic carbocycles. The van der Waals surface area contributed by atoms with Crippen molar-refractivity contribution in [3.8, 4) is 33.4 Å². The highest BCUT2D eigenvalue weighted by Gasteiger charge is 2.64. The number of ketones is 1. The normalized spacial score (nSPS) is 18.9. The van der Waals surface area contributed by atoms with E-state index in [0.717, 1.165) is 6.42 Å². The van der Waals surface area contributed by atoms with Crippen molar-refractivity contribution in [2.45, 2.75) is 47.8 Å². The summed E-state index contributed by atoms with van der Waals surface area (Å²) < 4.78 is 32.7. The number of hydrogen-bond acceptors (Lipinski definition) is 4. The van der Waals surface area contributed by atoms with E-state index in [1.54, 1.807) is 0 Å². The molecule has 262 valence electrons. The van der Waals surface area contributed by atoms with E-state index in [1.165, 1.54) is 48.1 Å². The van der Waals surface area contributed by atoms with Gasteiger partial charge in [-0.3, -0.25) is 4.79 Å². The molecule has 6 aromatic rings. The topological polar surface area (TPSA) is 74.3 Å². The lowest BCUT2D eigenvalue weighted by Gasteiger charge is -2.37. The van der Waals surface area contributed by atoms with Crippen molar-refractivity contribution in [2.75, 3.05) is 5.75 Å². The minimum atomic E-state index is -4.33. The van der Waals surface area contributed by atoms with Crippen molar-refractivity contribution in [1.82, 2.24) is 0 Å². The molecule has 2 fully saturated rings. The maximum Gasteiger partial charge on any atom is 0.166 e. The minimum absolute atomic E-state index is 0.0248. The van der Waals surface area contributed by atoms with Crippen LogP contribution in [0.1, 0.15) is 33.1 Å². The van der Waals surface area contributed by atoms with Gasteiger partial charge in [-0.15, -0.1) is 0 Å². The minimum Gasteiger partial charge on any atom is -0.748 e. The maximum atomic E-state index is 11.8. The molecule has 8 rings (SSSR count). The molecular formula is C46H42O4S2. The van der Waals surface area contributed by atoms with Crippen LogP contribution in [0.15, 0.2) is 178 Å². The SMILES string of the molecule is CC1(C)C2CCC1(CS(=O)(=O)[O-])C(=O)C2.c1ccc(-c2ccc([S+](c3ccc(-c4ccccc4)cc3)c3ccc(-c4ccccc4)cc3)cc2)cc1. The van der Waals surface area contributed by atoms with Crippen LogP contribution in [0.3, 0.4) is 0 Å². The van der Waals surface area contributed by atoms with Crippen molar-refractivity contribution in [1.29, 1.82) is 0 Å². The third-order valence-electron chi connectivity index (χ3n) is 11.2. The zero-order valence-corrected chi connectivity index (χ0v) is 31.1. The van der Waals surface area contributed by atoms with Crippen LogP contribution >= 0.6 is 0 Å². The molecule has 2 atom stereocenters. The Bertz CT molecular complexity index is 2040. The highest BCUT2D eigenvalue weighted by molar-refractivity contribution is 7.97. The van der Waals surface area contributed by atoms with Gasteiger partial charge in [0.25, 0.3) is 0 Å². The van der Waals surface area contributed by atoms with Crippen LogP contribution < -0.4 is 0 Å². The molecule has 2 aliphatic rings. The van der Waals surface area contributed by atoms with Crippen LogP contribution in [0, 0.1) is 16.7 Å². The third-order valence-corrected chi connectivity index (χ3v) is 14.2. The van der Waals surface area contributed by atoms with Gasteiger partial charge in [-0.1, -0.05) is 105 Å². The van der Waals surface area contributed by atoms with E-state index in [-0.39, 0.29) is 28.0 Å². The Labute approximate surface area is 310 Å². The molecule has 0 saturated heterocycles. The molecule has 0 aromatic heterocycles. The summed E-state index contributed by atoms with van der Waals surface area (Å²) in [7, 11) is -4.53. The molecule has 52 heavy (non-hydrogen) atoms. The molecule has 0 aliphatic heterocycles. The Hall–Kier alpha value is -4.75. The van der Waals surface area contributed by atoms with E-state index in [1.807, 2.05) is 13.8 Å². The van der Waals surface area contributed by atoms with Gasteiger partial charge in [-0.25, -0.2) is 8.42 Å². The molecule has 0 N–H and O–H groups in total. The molecule has 6 heteroatoms. The van der Waals surface area contributed by atoms with Crippen molar-refractivity contribution < 1.29 is 17.8 Å². The standard InChI is InChI=1S/C36H27S.C10H16O4S/c1-4-10-28(11-5-1)31-16-22-34(23-17-31)37(35-24-18-32(19-25-35)29-12-6-2-7-13-29)36-26-20-33(21-27-36)30-14-8-3-9-15-30;1-9(2)7-3-4-10(9,8(11)5-7)6-15(12,13)14/h1-27H;7H,3-6H2,1-2H3,(H,12,13,14)/q+1;/p-1. The van der Waals surface area contributed by atoms with Gasteiger partial charge in [0.05, 0.1) is 26.8 Å². The predicted octanol–water partition coefficient (Wildman–Crippen LogP) is 10.7. The zero-order chi connectivity index (χ0) is 36.3. The van der Waals surface area contributed by atoms with Crippen molar-refractivity contribution in [2.24, 2.45) is 16.7 Å². The fourth-order valence-corrected chi connectivity index (χ4v) is 11.4. The summed E-state index contributed by atoms with van der Waals surface area (Å²) in [6.45, 7) is 3.83. The van der Waals surface area contributed by atoms with Gasteiger partial charge in [-0.05, 0) is 130 Å². The molecule has 2 saturated carbocycles. The summed E-state index contributed by atoms with van der Waals surface area (Å²) in [6, 6.07) is 59.0. The van der Waals surface area contributed by atoms with Gasteiger partial charge in [-0.2, -0.15) is 0 Å². The van der Waals surface area contributed by atoms with Gasteiger partial charge in [0.2, 0.25) is 0 Å². The third kappa shape index (κ3) is 7.29. The summed E-state index contributed by atoms with van der Waals surface area (Å²) in [6.07, 6.45) is 1.88. The van der Waals surface area contributed by atoms with E-state index >= 15 is 0 Å². The molecule has 2 bridgehead atoms. The lowest BCUT2D eigenvalue weighted by Crippen LogP contribution is -2.42. The lowest BCUT2D eigenvalue weighted by atomic mass is 9.70.